The lowest BCUT2D eigenvalue weighted by Gasteiger charge is -2.09. The van der Waals surface area contributed by atoms with Crippen LogP contribution in [0.3, 0.4) is 0 Å². The molecule has 8 nitrogen and oxygen atoms in total. The topological polar surface area (TPSA) is 87.0 Å². The van der Waals surface area contributed by atoms with E-state index in [4.69, 9.17) is 14.2 Å². The van der Waals surface area contributed by atoms with Gasteiger partial charge in [0.2, 0.25) is 0 Å². The van der Waals surface area contributed by atoms with Crippen LogP contribution in [0, 0.1) is 0 Å². The second kappa shape index (κ2) is 9.56. The third kappa shape index (κ3) is 4.77. The molecule has 8 heteroatoms. The lowest BCUT2D eigenvalue weighted by Crippen LogP contribution is -2.12. The molecular weight excluding hydrogens is 444 g/mol. The molecule has 0 bridgehead atoms. The number of anilines is 1. The third-order valence-corrected chi connectivity index (χ3v) is 5.33. The van der Waals surface area contributed by atoms with Crippen LogP contribution in [0.1, 0.15) is 10.5 Å². The van der Waals surface area contributed by atoms with Crippen LogP contribution in [-0.4, -0.2) is 34.7 Å². The summed E-state index contributed by atoms with van der Waals surface area (Å²) >= 11 is 0. The maximum atomic E-state index is 12.8. The van der Waals surface area contributed by atoms with Gasteiger partial charge in [0.05, 0.1) is 19.9 Å². The molecule has 1 N–H and O–H groups in total. The normalized spacial score (nSPS) is 10.7. The van der Waals surface area contributed by atoms with Crippen molar-refractivity contribution in [3.63, 3.8) is 0 Å². The summed E-state index contributed by atoms with van der Waals surface area (Å²) in [5.74, 6) is 2.34. The zero-order valence-electron chi connectivity index (χ0n) is 19.1. The first-order valence-electron chi connectivity index (χ1n) is 10.9. The number of nitrogens with one attached hydrogen (secondary N) is 1. The van der Waals surface area contributed by atoms with Gasteiger partial charge in [-0.05, 0) is 60.7 Å². The molecule has 1 amide bonds. The van der Waals surface area contributed by atoms with Gasteiger partial charge in [0.15, 0.2) is 22.8 Å². The minimum atomic E-state index is -0.333. The summed E-state index contributed by atoms with van der Waals surface area (Å²) in [7, 11) is 3.18. The van der Waals surface area contributed by atoms with E-state index < -0.39 is 0 Å². The number of hydrogen-bond donors (Lipinski definition) is 1. The highest BCUT2D eigenvalue weighted by Gasteiger charge is 2.14. The van der Waals surface area contributed by atoms with Crippen LogP contribution in [0.5, 0.6) is 23.0 Å². The monoisotopic (exact) mass is 466 g/mol. The van der Waals surface area contributed by atoms with Crippen LogP contribution in [-0.2, 0) is 0 Å². The van der Waals surface area contributed by atoms with Gasteiger partial charge in [-0.15, -0.1) is 0 Å². The number of hydrogen-bond acceptors (Lipinski definition) is 6. The van der Waals surface area contributed by atoms with Gasteiger partial charge in [0.25, 0.3) is 5.91 Å². The van der Waals surface area contributed by atoms with E-state index in [2.05, 4.69) is 15.4 Å². The van der Waals surface area contributed by atoms with Crippen LogP contribution in [0.2, 0.25) is 0 Å². The summed E-state index contributed by atoms with van der Waals surface area (Å²) in [6.07, 6.45) is 1.76. The van der Waals surface area contributed by atoms with Crippen molar-refractivity contribution in [3.8, 4) is 34.3 Å². The van der Waals surface area contributed by atoms with Gasteiger partial charge in [-0.25, -0.2) is 9.50 Å². The van der Waals surface area contributed by atoms with Crippen molar-refractivity contribution >= 4 is 17.2 Å². The predicted molar refractivity (Wildman–Crippen MR) is 132 cm³/mol. The molecule has 0 aliphatic heterocycles. The van der Waals surface area contributed by atoms with E-state index in [-0.39, 0.29) is 11.6 Å². The SMILES string of the molecule is COc1ccc(-c2ccn3nc(C(=O)Nc4ccc(Oc5ccccc5)cc4)cc3n2)cc1OC. The minimum Gasteiger partial charge on any atom is -0.493 e. The molecule has 0 saturated carbocycles. The van der Waals surface area contributed by atoms with Crippen molar-refractivity contribution in [1.82, 2.24) is 14.6 Å². The van der Waals surface area contributed by atoms with Crippen LogP contribution in [0.25, 0.3) is 16.9 Å². The largest absolute Gasteiger partial charge is 0.493 e. The van der Waals surface area contributed by atoms with Crippen molar-refractivity contribution in [2.24, 2.45) is 0 Å². The maximum Gasteiger partial charge on any atom is 0.276 e. The van der Waals surface area contributed by atoms with Crippen molar-refractivity contribution in [2.45, 2.75) is 0 Å². The van der Waals surface area contributed by atoms with E-state index in [0.717, 1.165) is 17.0 Å². The fourth-order valence-corrected chi connectivity index (χ4v) is 3.57. The van der Waals surface area contributed by atoms with Crippen molar-refractivity contribution in [3.05, 3.63) is 96.8 Å². The average molecular weight is 466 g/mol. The van der Waals surface area contributed by atoms with Gasteiger partial charge in [-0.2, -0.15) is 5.10 Å². The van der Waals surface area contributed by atoms with E-state index in [9.17, 15) is 4.79 Å². The smallest absolute Gasteiger partial charge is 0.276 e. The Hall–Kier alpha value is -4.85. The van der Waals surface area contributed by atoms with E-state index in [1.807, 2.05) is 54.6 Å². The Kier molecular flexibility index (Phi) is 6.00. The molecule has 5 rings (SSSR count). The second-order valence-electron chi connectivity index (χ2n) is 7.61. The van der Waals surface area contributed by atoms with Crippen LogP contribution >= 0.6 is 0 Å². The molecular formula is C27H22N4O4. The molecule has 0 atom stereocenters. The summed E-state index contributed by atoms with van der Waals surface area (Å²) in [6.45, 7) is 0. The van der Waals surface area contributed by atoms with E-state index in [1.165, 1.54) is 0 Å². The maximum absolute atomic E-state index is 12.8. The number of benzene rings is 3. The zero-order chi connectivity index (χ0) is 24.2. The van der Waals surface area contributed by atoms with Crippen LogP contribution in [0.15, 0.2) is 91.1 Å². The van der Waals surface area contributed by atoms with Crippen molar-refractivity contribution in [2.75, 3.05) is 19.5 Å². The van der Waals surface area contributed by atoms with Gasteiger partial charge >= 0.3 is 0 Å². The van der Waals surface area contributed by atoms with Crippen LogP contribution in [0.4, 0.5) is 5.69 Å². The van der Waals surface area contributed by atoms with Gasteiger partial charge in [0.1, 0.15) is 11.5 Å². The Bertz CT molecular complexity index is 1480. The highest BCUT2D eigenvalue weighted by Crippen LogP contribution is 2.31. The number of carbonyl (C=O) groups is 1. The quantitative estimate of drug-likeness (QED) is 0.343. The van der Waals surface area contributed by atoms with Crippen molar-refractivity contribution < 1.29 is 19.0 Å². The van der Waals surface area contributed by atoms with Gasteiger partial charge < -0.3 is 19.5 Å². The number of ether oxygens (including phenoxy) is 3. The first-order chi connectivity index (χ1) is 17.1. The summed E-state index contributed by atoms with van der Waals surface area (Å²) in [5, 5.41) is 7.21. The number of para-hydroxylation sites is 1. The number of fused-ring (bicyclic) bond motifs is 1. The summed E-state index contributed by atoms with van der Waals surface area (Å²) < 4.78 is 18.0. The van der Waals surface area contributed by atoms with E-state index in [1.54, 1.807) is 55.3 Å². The van der Waals surface area contributed by atoms with Crippen molar-refractivity contribution in [1.29, 1.82) is 0 Å². The summed E-state index contributed by atoms with van der Waals surface area (Å²) in [5.41, 5.74) is 3.02. The molecule has 0 spiro atoms. The van der Waals surface area contributed by atoms with E-state index in [0.29, 0.717) is 28.6 Å². The fourth-order valence-electron chi connectivity index (χ4n) is 3.57. The second-order valence-corrected chi connectivity index (χ2v) is 7.61. The van der Waals surface area contributed by atoms with Gasteiger partial charge in [-0.1, -0.05) is 18.2 Å². The molecule has 5 aromatic rings. The predicted octanol–water partition coefficient (Wildman–Crippen LogP) is 5.46. The average Bonchev–Trinajstić information content (AvgIpc) is 3.34. The Balaban J connectivity index is 1.31. The molecule has 0 aliphatic rings. The Morgan fingerprint density at radius 1 is 0.829 bits per heavy atom. The summed E-state index contributed by atoms with van der Waals surface area (Å²) in [4.78, 5) is 17.4. The third-order valence-electron chi connectivity index (χ3n) is 5.33. The summed E-state index contributed by atoms with van der Waals surface area (Å²) in [6, 6.07) is 25.7. The number of carbonyl (C=O) groups excluding carboxylic acids is 1. The molecule has 2 aromatic heterocycles. The molecule has 0 aliphatic carbocycles. The first-order valence-corrected chi connectivity index (χ1v) is 10.9. The first kappa shape index (κ1) is 22.0. The molecule has 0 unspecified atom stereocenters. The van der Waals surface area contributed by atoms with Gasteiger partial charge in [0, 0.05) is 23.5 Å². The number of amides is 1. The van der Waals surface area contributed by atoms with E-state index >= 15 is 0 Å². The number of aromatic nitrogens is 3. The Labute approximate surface area is 201 Å². The standard InChI is InChI=1S/C27H22N4O4/c1-33-24-13-8-18(16-25(24)34-2)22-14-15-31-26(29-22)17-23(30-31)27(32)28-19-9-11-21(12-10-19)35-20-6-4-3-5-7-20/h3-17H,1-2H3,(H,28,32). The minimum absolute atomic E-state index is 0.256. The molecule has 174 valence electrons. The Morgan fingerprint density at radius 2 is 1.57 bits per heavy atom. The molecule has 0 saturated heterocycles. The van der Waals surface area contributed by atoms with Gasteiger partial charge in [-0.3, -0.25) is 4.79 Å². The molecule has 3 aromatic carbocycles. The highest BCUT2D eigenvalue weighted by atomic mass is 16.5. The Morgan fingerprint density at radius 3 is 2.31 bits per heavy atom. The lowest BCUT2D eigenvalue weighted by molar-refractivity contribution is 0.102. The molecule has 2 heterocycles. The highest BCUT2D eigenvalue weighted by molar-refractivity contribution is 6.03. The lowest BCUT2D eigenvalue weighted by atomic mass is 10.1. The number of methoxy groups -OCH3 is 2. The zero-order valence-corrected chi connectivity index (χ0v) is 19.1. The number of nitrogens with zero attached hydrogens (tertiary/aromatic N) is 3. The molecule has 35 heavy (non-hydrogen) atoms. The number of rotatable bonds is 7. The molecule has 0 fully saturated rings. The van der Waals surface area contributed by atoms with Crippen LogP contribution < -0.4 is 19.5 Å². The fraction of sp³-hybridized carbons (Fsp3) is 0.0741. The molecule has 0 radical (unpaired) electrons.